The summed E-state index contributed by atoms with van der Waals surface area (Å²) in [6.45, 7) is 6.70. The maximum Gasteiger partial charge on any atom is 0.00381 e. The third-order valence-corrected chi connectivity index (χ3v) is 1.32. The van der Waals surface area contributed by atoms with Crippen LogP contribution in [0.3, 0.4) is 0 Å². The molecule has 1 unspecified atom stereocenters. The van der Waals surface area contributed by atoms with Crippen molar-refractivity contribution in [3.05, 3.63) is 0 Å². The maximum absolute atomic E-state index is 3.20. The molecule has 0 radical (unpaired) electrons. The predicted molar refractivity (Wildman–Crippen MR) is 45.2 cm³/mol. The van der Waals surface area contributed by atoms with Crippen LogP contribution in [0, 0.1) is 5.92 Å². The van der Waals surface area contributed by atoms with E-state index in [0.717, 1.165) is 5.92 Å². The Labute approximate surface area is 64.6 Å². The summed E-state index contributed by atoms with van der Waals surface area (Å²) in [4.78, 5) is 0. The highest BCUT2D eigenvalue weighted by molar-refractivity contribution is 5.85. The Kier molecular flexibility index (Phi) is 8.48. The van der Waals surface area contributed by atoms with Crippen LogP contribution in [0.4, 0.5) is 0 Å². The first kappa shape index (κ1) is 12.0. The Morgan fingerprint density at radius 1 is 1.22 bits per heavy atom. The maximum atomic E-state index is 3.20. The highest BCUT2D eigenvalue weighted by Crippen LogP contribution is 2.02. The van der Waals surface area contributed by atoms with Crippen LogP contribution in [-0.4, -0.2) is 13.1 Å². The second-order valence-corrected chi connectivity index (χ2v) is 2.82. The van der Waals surface area contributed by atoms with E-state index < -0.39 is 0 Å². The third-order valence-electron chi connectivity index (χ3n) is 1.32. The Morgan fingerprint density at radius 2 is 1.67 bits per heavy atom. The van der Waals surface area contributed by atoms with E-state index in [4.69, 9.17) is 0 Å². The summed E-state index contributed by atoms with van der Waals surface area (Å²) >= 11 is 0. The summed E-state index contributed by atoms with van der Waals surface area (Å²) in [5.74, 6) is 0.817. The number of nitrogens with one attached hydrogen (secondary N) is 1. The van der Waals surface area contributed by atoms with Crippen molar-refractivity contribution >= 4 is 12.4 Å². The van der Waals surface area contributed by atoms with Crippen molar-refractivity contribution in [3.63, 3.8) is 0 Å². The summed E-state index contributed by atoms with van der Waals surface area (Å²) in [7, 11) is 2.01. The van der Waals surface area contributed by atoms with Gasteiger partial charge >= 0.3 is 0 Å². The van der Waals surface area contributed by atoms with E-state index in [1.54, 1.807) is 0 Å². The normalized spacial score (nSPS) is 13.0. The van der Waals surface area contributed by atoms with Crippen molar-refractivity contribution in [1.82, 2.24) is 5.32 Å². The van der Waals surface area contributed by atoms with Gasteiger partial charge in [-0.15, -0.1) is 12.4 Å². The fraction of sp³-hybridized carbons (Fsp3) is 1.00. The zero-order valence-corrected chi connectivity index (χ0v) is 7.59. The Bertz CT molecular complexity index is 54.9. The molecule has 1 nitrogen and oxygen atoms in total. The van der Waals surface area contributed by atoms with Gasteiger partial charge in [0.2, 0.25) is 0 Å². The predicted octanol–water partition coefficient (Wildman–Crippen LogP) is 2.06. The van der Waals surface area contributed by atoms with E-state index in [9.17, 15) is 0 Å². The van der Waals surface area contributed by atoms with Crippen LogP contribution in [0.1, 0.15) is 27.2 Å². The lowest BCUT2D eigenvalue weighted by Gasteiger charge is -2.11. The Morgan fingerprint density at radius 3 is 1.78 bits per heavy atom. The van der Waals surface area contributed by atoms with Crippen LogP contribution in [0.15, 0.2) is 0 Å². The van der Waals surface area contributed by atoms with Crippen molar-refractivity contribution in [1.29, 1.82) is 0 Å². The lowest BCUT2D eigenvalue weighted by Crippen LogP contribution is -2.22. The van der Waals surface area contributed by atoms with Crippen LogP contribution in [0.5, 0.6) is 0 Å². The lowest BCUT2D eigenvalue weighted by atomic mass is 10.1. The van der Waals surface area contributed by atoms with E-state index in [0.29, 0.717) is 6.04 Å². The van der Waals surface area contributed by atoms with Crippen LogP contribution < -0.4 is 5.32 Å². The molecular formula is C7H18ClN. The van der Waals surface area contributed by atoms with Gasteiger partial charge in [-0.3, -0.25) is 0 Å². The van der Waals surface area contributed by atoms with Gasteiger partial charge < -0.3 is 5.32 Å². The molecule has 0 amide bonds. The fourth-order valence-corrected chi connectivity index (χ4v) is 0.825. The van der Waals surface area contributed by atoms with Crippen LogP contribution >= 0.6 is 12.4 Å². The van der Waals surface area contributed by atoms with Crippen LogP contribution in [0.25, 0.3) is 0 Å². The first-order valence-electron chi connectivity index (χ1n) is 3.34. The minimum Gasteiger partial charge on any atom is -0.317 e. The monoisotopic (exact) mass is 151 g/mol. The highest BCUT2D eigenvalue weighted by atomic mass is 35.5. The van der Waals surface area contributed by atoms with Crippen molar-refractivity contribution in [2.75, 3.05) is 7.05 Å². The molecule has 0 saturated heterocycles. The lowest BCUT2D eigenvalue weighted by molar-refractivity contribution is 0.469. The second-order valence-electron chi connectivity index (χ2n) is 2.82. The van der Waals surface area contributed by atoms with Crippen molar-refractivity contribution in [2.24, 2.45) is 5.92 Å². The molecule has 1 N–H and O–H groups in total. The number of hydrogen-bond donors (Lipinski definition) is 1. The molecule has 0 bridgehead atoms. The molecule has 0 aromatic rings. The molecule has 0 aromatic heterocycles. The van der Waals surface area contributed by atoms with E-state index in [2.05, 4.69) is 26.1 Å². The van der Waals surface area contributed by atoms with E-state index in [1.807, 2.05) is 7.05 Å². The fourth-order valence-electron chi connectivity index (χ4n) is 0.825. The zero-order valence-electron chi connectivity index (χ0n) is 6.77. The van der Waals surface area contributed by atoms with Crippen molar-refractivity contribution in [3.8, 4) is 0 Å². The number of hydrogen-bond acceptors (Lipinski definition) is 1. The zero-order chi connectivity index (χ0) is 6.57. The van der Waals surface area contributed by atoms with Crippen molar-refractivity contribution < 1.29 is 0 Å². The van der Waals surface area contributed by atoms with Gasteiger partial charge in [0.25, 0.3) is 0 Å². The first-order chi connectivity index (χ1) is 3.66. The van der Waals surface area contributed by atoms with E-state index in [-0.39, 0.29) is 12.4 Å². The summed E-state index contributed by atoms with van der Waals surface area (Å²) in [5, 5.41) is 3.20. The van der Waals surface area contributed by atoms with Crippen molar-refractivity contribution in [2.45, 2.75) is 33.2 Å². The van der Waals surface area contributed by atoms with Gasteiger partial charge in [-0.25, -0.2) is 0 Å². The molecule has 0 spiro atoms. The smallest absolute Gasteiger partial charge is 0.00381 e. The molecule has 0 aliphatic rings. The van der Waals surface area contributed by atoms with Crippen LogP contribution in [-0.2, 0) is 0 Å². The van der Waals surface area contributed by atoms with E-state index in [1.165, 1.54) is 6.42 Å². The molecule has 2 heteroatoms. The molecule has 1 atom stereocenters. The molecule has 0 heterocycles. The quantitative estimate of drug-likeness (QED) is 0.651. The topological polar surface area (TPSA) is 12.0 Å². The summed E-state index contributed by atoms with van der Waals surface area (Å²) in [6.07, 6.45) is 1.27. The molecule has 0 saturated carbocycles. The van der Waals surface area contributed by atoms with Gasteiger partial charge in [0.05, 0.1) is 0 Å². The minimum atomic E-state index is 0. The van der Waals surface area contributed by atoms with Gasteiger partial charge in [-0.05, 0) is 26.3 Å². The van der Waals surface area contributed by atoms with E-state index >= 15 is 0 Å². The molecule has 0 aliphatic heterocycles. The second kappa shape index (κ2) is 6.37. The molecule has 0 fully saturated rings. The first-order valence-corrected chi connectivity index (χ1v) is 3.34. The third kappa shape index (κ3) is 8.25. The summed E-state index contributed by atoms with van der Waals surface area (Å²) < 4.78 is 0. The molecule has 58 valence electrons. The molecule has 0 rings (SSSR count). The average Bonchev–Trinajstić information content (AvgIpc) is 1.65. The Hall–Kier alpha value is 0.250. The molecule has 9 heavy (non-hydrogen) atoms. The SMILES string of the molecule is CNC(C)CC(C)C.Cl. The Balaban J connectivity index is 0. The number of rotatable bonds is 3. The average molecular weight is 152 g/mol. The number of halogens is 1. The minimum absolute atomic E-state index is 0. The molecule has 0 aromatic carbocycles. The highest BCUT2D eigenvalue weighted by Gasteiger charge is 1.99. The largest absolute Gasteiger partial charge is 0.317 e. The summed E-state index contributed by atoms with van der Waals surface area (Å²) in [5.41, 5.74) is 0. The molecular weight excluding hydrogens is 134 g/mol. The van der Waals surface area contributed by atoms with Gasteiger partial charge in [0, 0.05) is 6.04 Å². The van der Waals surface area contributed by atoms with Crippen LogP contribution in [0.2, 0.25) is 0 Å². The summed E-state index contributed by atoms with van der Waals surface area (Å²) in [6, 6.07) is 0.676. The molecule has 0 aliphatic carbocycles. The van der Waals surface area contributed by atoms with Gasteiger partial charge in [-0.2, -0.15) is 0 Å². The van der Waals surface area contributed by atoms with Gasteiger partial charge in [0.1, 0.15) is 0 Å². The van der Waals surface area contributed by atoms with Gasteiger partial charge in [0.15, 0.2) is 0 Å². The standard InChI is InChI=1S/C7H17N.ClH/c1-6(2)5-7(3)8-4;/h6-8H,5H2,1-4H3;1H. The van der Waals surface area contributed by atoms with Gasteiger partial charge in [-0.1, -0.05) is 13.8 Å².